The molecule has 0 bridgehead atoms. The largest absolute Gasteiger partial charge is 1.00 e. The molecule has 0 N–H and O–H groups in total. The highest BCUT2D eigenvalue weighted by molar-refractivity contribution is 6.30. The van der Waals surface area contributed by atoms with E-state index in [0.29, 0.717) is 11.3 Å². The van der Waals surface area contributed by atoms with Gasteiger partial charge in [0.2, 0.25) is 5.78 Å². The van der Waals surface area contributed by atoms with Gasteiger partial charge in [0, 0.05) is 27.6 Å². The van der Waals surface area contributed by atoms with Crippen molar-refractivity contribution in [3.8, 4) is 5.75 Å². The Morgan fingerprint density at radius 3 is 2.70 bits per heavy atom. The number of methoxy groups -OCH3 is 1. The smallest absolute Gasteiger partial charge is 0.221 e. The third-order valence-corrected chi connectivity index (χ3v) is 4.81. The van der Waals surface area contributed by atoms with Crippen LogP contribution in [0, 0.1) is 0 Å². The Kier molecular flexibility index (Phi) is 6.93. The summed E-state index contributed by atoms with van der Waals surface area (Å²) in [5.41, 5.74) is 2.64. The lowest BCUT2D eigenvalue weighted by Gasteiger charge is -1.99. The SMILES string of the molecule is COc1cccc2cc(C(=O)/C=C/c3ccc[n+](Cc4ccc(Cl)cc4)c3)oc12.[Cl-]. The number of allylic oxidation sites excluding steroid dienone is 1. The Morgan fingerprint density at radius 2 is 1.93 bits per heavy atom. The number of hydrogen-bond acceptors (Lipinski definition) is 3. The van der Waals surface area contributed by atoms with E-state index in [2.05, 4.69) is 4.57 Å². The second-order valence-electron chi connectivity index (χ2n) is 6.62. The number of halogens is 2. The van der Waals surface area contributed by atoms with Gasteiger partial charge in [-0.25, -0.2) is 4.57 Å². The number of carbonyl (C=O) groups is 1. The van der Waals surface area contributed by atoms with E-state index in [9.17, 15) is 4.79 Å². The number of aromatic nitrogens is 1. The van der Waals surface area contributed by atoms with Gasteiger partial charge in [0.25, 0.3) is 0 Å². The quantitative estimate of drug-likeness (QED) is 0.263. The molecule has 2 aromatic carbocycles. The topological polar surface area (TPSA) is 43.3 Å². The third-order valence-electron chi connectivity index (χ3n) is 4.56. The minimum Gasteiger partial charge on any atom is -1.00 e. The Hall–Kier alpha value is -3.08. The molecule has 0 spiro atoms. The number of para-hydroxylation sites is 1. The normalized spacial score (nSPS) is 10.9. The molecule has 6 heteroatoms. The van der Waals surface area contributed by atoms with Crippen LogP contribution in [0.3, 0.4) is 0 Å². The molecule has 0 fully saturated rings. The molecule has 0 atom stereocenters. The molecule has 4 aromatic rings. The summed E-state index contributed by atoms with van der Waals surface area (Å²) in [6, 6.07) is 18.9. The van der Waals surface area contributed by atoms with Crippen LogP contribution >= 0.6 is 11.6 Å². The first kappa shape index (κ1) is 21.6. The molecule has 2 heterocycles. The molecule has 4 rings (SSSR count). The van der Waals surface area contributed by atoms with Crippen molar-refractivity contribution in [1.82, 2.24) is 0 Å². The van der Waals surface area contributed by atoms with Gasteiger partial charge in [-0.2, -0.15) is 0 Å². The van der Waals surface area contributed by atoms with Gasteiger partial charge in [-0.1, -0.05) is 35.9 Å². The Morgan fingerprint density at radius 1 is 1.13 bits per heavy atom. The molecule has 0 aliphatic heterocycles. The summed E-state index contributed by atoms with van der Waals surface area (Å²) >= 11 is 5.94. The van der Waals surface area contributed by atoms with Crippen LogP contribution < -0.4 is 21.7 Å². The fourth-order valence-corrected chi connectivity index (χ4v) is 3.24. The molecule has 0 saturated carbocycles. The Bertz CT molecular complexity index is 1200. The van der Waals surface area contributed by atoms with Crippen LogP contribution in [0.5, 0.6) is 5.75 Å². The van der Waals surface area contributed by atoms with Gasteiger partial charge in [0.05, 0.1) is 7.11 Å². The maximum atomic E-state index is 12.6. The molecule has 0 unspecified atom stereocenters. The number of rotatable bonds is 6. The van der Waals surface area contributed by atoms with Gasteiger partial charge in [-0.3, -0.25) is 4.79 Å². The summed E-state index contributed by atoms with van der Waals surface area (Å²) < 4.78 is 13.1. The van der Waals surface area contributed by atoms with Crippen molar-refractivity contribution in [2.75, 3.05) is 7.11 Å². The van der Waals surface area contributed by atoms with Crippen LogP contribution in [0.2, 0.25) is 5.02 Å². The molecule has 2 aromatic heterocycles. The number of ketones is 1. The van der Waals surface area contributed by atoms with E-state index in [4.69, 9.17) is 20.8 Å². The van der Waals surface area contributed by atoms with E-state index < -0.39 is 0 Å². The van der Waals surface area contributed by atoms with Gasteiger partial charge < -0.3 is 21.6 Å². The van der Waals surface area contributed by atoms with Crippen molar-refractivity contribution in [1.29, 1.82) is 0 Å². The first-order chi connectivity index (χ1) is 14.1. The van der Waals surface area contributed by atoms with E-state index in [0.717, 1.165) is 28.1 Å². The standard InChI is InChI=1S/C24H19ClNO3.ClH/c1-28-22-6-2-5-19-14-23(29-24(19)22)21(27)12-9-17-4-3-13-26(15-17)16-18-7-10-20(25)11-8-18;/h2-15H,16H2,1H3;1H/q+1;/p-1/b12-9+;. The zero-order valence-electron chi connectivity index (χ0n) is 16.2. The van der Waals surface area contributed by atoms with Gasteiger partial charge in [0.15, 0.2) is 36.0 Å². The molecular formula is C24H19Cl2NO3. The maximum absolute atomic E-state index is 12.6. The summed E-state index contributed by atoms with van der Waals surface area (Å²) in [7, 11) is 1.58. The Balaban J connectivity index is 0.00000256. The lowest BCUT2D eigenvalue weighted by Crippen LogP contribution is -3.00. The molecule has 4 nitrogen and oxygen atoms in total. The summed E-state index contributed by atoms with van der Waals surface area (Å²) in [5.74, 6) is 0.693. The van der Waals surface area contributed by atoms with Gasteiger partial charge in [-0.05, 0) is 42.5 Å². The molecular weight excluding hydrogens is 421 g/mol. The second kappa shape index (κ2) is 9.61. The Labute approximate surface area is 185 Å². The van der Waals surface area contributed by atoms with Crippen LogP contribution in [0.1, 0.15) is 21.7 Å². The highest BCUT2D eigenvalue weighted by atomic mass is 35.5. The number of fused-ring (bicyclic) bond motifs is 1. The highest BCUT2D eigenvalue weighted by Crippen LogP contribution is 2.28. The van der Waals surface area contributed by atoms with Crippen LogP contribution in [-0.2, 0) is 6.54 Å². The minimum atomic E-state index is -0.198. The number of benzene rings is 2. The van der Waals surface area contributed by atoms with E-state index in [1.807, 2.05) is 60.9 Å². The summed E-state index contributed by atoms with van der Waals surface area (Å²) in [6.07, 6.45) is 7.27. The van der Waals surface area contributed by atoms with Gasteiger partial charge in [-0.15, -0.1) is 0 Å². The number of carbonyl (C=O) groups excluding carboxylic acids is 1. The molecule has 0 saturated heterocycles. The van der Waals surface area contributed by atoms with Crippen LogP contribution in [0.4, 0.5) is 0 Å². The first-order valence-electron chi connectivity index (χ1n) is 9.15. The highest BCUT2D eigenvalue weighted by Gasteiger charge is 2.13. The lowest BCUT2D eigenvalue weighted by molar-refractivity contribution is -0.688. The molecule has 0 radical (unpaired) electrons. The zero-order chi connectivity index (χ0) is 20.2. The number of hydrogen-bond donors (Lipinski definition) is 0. The van der Waals surface area contributed by atoms with Gasteiger partial charge in [0.1, 0.15) is 0 Å². The molecule has 30 heavy (non-hydrogen) atoms. The van der Waals surface area contributed by atoms with Crippen molar-refractivity contribution in [2.45, 2.75) is 6.54 Å². The molecule has 152 valence electrons. The van der Waals surface area contributed by atoms with Crippen molar-refractivity contribution in [3.63, 3.8) is 0 Å². The van der Waals surface area contributed by atoms with Crippen molar-refractivity contribution >= 4 is 34.4 Å². The van der Waals surface area contributed by atoms with E-state index >= 15 is 0 Å². The third kappa shape index (κ3) is 4.90. The first-order valence-corrected chi connectivity index (χ1v) is 9.53. The van der Waals surface area contributed by atoms with Crippen molar-refractivity contribution in [3.05, 3.63) is 101 Å². The fourth-order valence-electron chi connectivity index (χ4n) is 3.11. The average Bonchev–Trinajstić information content (AvgIpc) is 3.18. The van der Waals surface area contributed by atoms with Crippen LogP contribution in [0.25, 0.3) is 17.0 Å². The predicted octanol–water partition coefficient (Wildman–Crippen LogP) is 2.33. The van der Waals surface area contributed by atoms with E-state index in [1.54, 1.807) is 25.3 Å². The predicted molar refractivity (Wildman–Crippen MR) is 113 cm³/mol. The molecule has 0 amide bonds. The number of ether oxygens (including phenoxy) is 1. The summed E-state index contributed by atoms with van der Waals surface area (Å²) in [5, 5.41) is 1.55. The monoisotopic (exact) mass is 439 g/mol. The van der Waals surface area contributed by atoms with Crippen LogP contribution in [-0.4, -0.2) is 12.9 Å². The summed E-state index contributed by atoms with van der Waals surface area (Å²) in [6.45, 7) is 0.718. The maximum Gasteiger partial charge on any atom is 0.221 e. The number of nitrogens with zero attached hydrogens (tertiary/aromatic N) is 1. The minimum absolute atomic E-state index is 0. The van der Waals surface area contributed by atoms with E-state index in [-0.39, 0.29) is 24.0 Å². The average molecular weight is 440 g/mol. The molecule has 0 aliphatic rings. The molecule has 0 aliphatic carbocycles. The second-order valence-corrected chi connectivity index (χ2v) is 7.06. The number of furan rings is 1. The zero-order valence-corrected chi connectivity index (χ0v) is 17.7. The fraction of sp³-hybridized carbons (Fsp3) is 0.0833. The van der Waals surface area contributed by atoms with E-state index in [1.165, 1.54) is 6.08 Å². The summed E-state index contributed by atoms with van der Waals surface area (Å²) in [4.78, 5) is 12.6. The van der Waals surface area contributed by atoms with Crippen LogP contribution in [0.15, 0.2) is 83.6 Å². The van der Waals surface area contributed by atoms with Gasteiger partial charge >= 0.3 is 0 Å². The van der Waals surface area contributed by atoms with Crippen molar-refractivity contribution < 1.29 is 30.9 Å². The lowest BCUT2D eigenvalue weighted by atomic mass is 10.2. The number of pyridine rings is 1. The van der Waals surface area contributed by atoms with Crippen molar-refractivity contribution in [2.24, 2.45) is 0 Å².